The second-order valence-corrected chi connectivity index (χ2v) is 5.90. The molecule has 2 aromatic rings. The van der Waals surface area contributed by atoms with Crippen LogP contribution in [0, 0.1) is 18.6 Å². The second kappa shape index (κ2) is 8.02. The maximum absolute atomic E-state index is 13.9. The van der Waals surface area contributed by atoms with E-state index in [0.29, 0.717) is 17.7 Å². The zero-order valence-electron chi connectivity index (χ0n) is 14.1. The molecular formula is C19H15F7O. The van der Waals surface area contributed by atoms with Crippen molar-refractivity contribution in [3.05, 3.63) is 70.8 Å². The molecule has 0 aliphatic carbocycles. The van der Waals surface area contributed by atoms with Crippen molar-refractivity contribution in [2.45, 2.75) is 32.1 Å². The molecule has 0 saturated carbocycles. The topological polar surface area (TPSA) is 9.23 Å². The summed E-state index contributed by atoms with van der Waals surface area (Å²) in [5, 5.41) is 0. The van der Waals surface area contributed by atoms with Gasteiger partial charge in [0.25, 0.3) is 0 Å². The zero-order chi connectivity index (χ0) is 20.2. The Bertz CT molecular complexity index is 785. The average Bonchev–Trinajstić information content (AvgIpc) is 2.52. The fourth-order valence-electron chi connectivity index (χ4n) is 2.23. The molecule has 0 aromatic heterocycles. The summed E-state index contributed by atoms with van der Waals surface area (Å²) < 4.78 is 96.0. The Balaban J connectivity index is 2.09. The van der Waals surface area contributed by atoms with E-state index in [0.717, 1.165) is 5.56 Å². The molecule has 0 aliphatic heterocycles. The predicted molar refractivity (Wildman–Crippen MR) is 86.5 cm³/mol. The predicted octanol–water partition coefficient (Wildman–Crippen LogP) is 6.45. The SMILES string of the molecule is Cc1ccc(CCC(F)(F)Oc2cc(F)c(/C=C/C(F)(F)F)c(F)c2)cc1. The maximum atomic E-state index is 13.9. The molecule has 0 saturated heterocycles. The second-order valence-electron chi connectivity index (χ2n) is 5.90. The van der Waals surface area contributed by atoms with Crippen LogP contribution in [0.15, 0.2) is 42.5 Å². The van der Waals surface area contributed by atoms with E-state index in [4.69, 9.17) is 0 Å². The third-order valence-electron chi connectivity index (χ3n) is 3.58. The van der Waals surface area contributed by atoms with Crippen molar-refractivity contribution in [2.75, 3.05) is 0 Å². The molecule has 0 radical (unpaired) electrons. The molecule has 0 unspecified atom stereocenters. The van der Waals surface area contributed by atoms with Crippen molar-refractivity contribution in [2.24, 2.45) is 0 Å². The maximum Gasteiger partial charge on any atom is 0.409 e. The highest BCUT2D eigenvalue weighted by Crippen LogP contribution is 2.30. The van der Waals surface area contributed by atoms with E-state index in [1.807, 2.05) is 6.92 Å². The van der Waals surface area contributed by atoms with Crippen molar-refractivity contribution in [3.63, 3.8) is 0 Å². The highest BCUT2D eigenvalue weighted by molar-refractivity contribution is 5.53. The molecule has 2 aromatic carbocycles. The molecule has 0 bridgehead atoms. The van der Waals surface area contributed by atoms with Gasteiger partial charge in [-0.15, -0.1) is 0 Å². The average molecular weight is 392 g/mol. The van der Waals surface area contributed by atoms with Gasteiger partial charge in [0.2, 0.25) is 0 Å². The molecule has 146 valence electrons. The van der Waals surface area contributed by atoms with Gasteiger partial charge in [-0.2, -0.15) is 22.0 Å². The largest absolute Gasteiger partial charge is 0.432 e. The highest BCUT2D eigenvalue weighted by atomic mass is 19.4. The molecule has 0 spiro atoms. The van der Waals surface area contributed by atoms with Crippen LogP contribution in [0.2, 0.25) is 0 Å². The third kappa shape index (κ3) is 6.62. The van der Waals surface area contributed by atoms with Crippen molar-refractivity contribution in [1.29, 1.82) is 0 Å². The molecule has 0 fully saturated rings. The third-order valence-corrected chi connectivity index (χ3v) is 3.58. The van der Waals surface area contributed by atoms with E-state index in [1.54, 1.807) is 24.3 Å². The summed E-state index contributed by atoms with van der Waals surface area (Å²) >= 11 is 0. The van der Waals surface area contributed by atoms with Crippen molar-refractivity contribution in [3.8, 4) is 5.75 Å². The van der Waals surface area contributed by atoms with E-state index >= 15 is 0 Å². The summed E-state index contributed by atoms with van der Waals surface area (Å²) in [6.07, 6.45) is -9.43. The Hall–Kier alpha value is -2.51. The van der Waals surface area contributed by atoms with Crippen molar-refractivity contribution in [1.82, 2.24) is 0 Å². The van der Waals surface area contributed by atoms with E-state index in [1.165, 1.54) is 0 Å². The van der Waals surface area contributed by atoms with Gasteiger partial charge < -0.3 is 4.74 Å². The van der Waals surface area contributed by atoms with Gasteiger partial charge in [0, 0.05) is 23.8 Å². The van der Waals surface area contributed by atoms with E-state index in [9.17, 15) is 30.7 Å². The lowest BCUT2D eigenvalue weighted by Gasteiger charge is -2.18. The lowest BCUT2D eigenvalue weighted by atomic mass is 10.1. The number of hydrogen-bond acceptors (Lipinski definition) is 1. The first-order valence-corrected chi connectivity index (χ1v) is 7.82. The van der Waals surface area contributed by atoms with Crippen LogP contribution in [0.25, 0.3) is 6.08 Å². The Morgan fingerprint density at radius 1 is 0.926 bits per heavy atom. The standard InChI is InChI=1S/C19H15F7O/c1-12-2-4-13(5-3-12)6-9-19(25,26)27-14-10-16(20)15(17(21)11-14)7-8-18(22,23)24/h2-5,7-8,10-11H,6,9H2,1H3/b8-7+. The number of rotatable bonds is 6. The summed E-state index contributed by atoms with van der Waals surface area (Å²) in [5.74, 6) is -3.71. The van der Waals surface area contributed by atoms with Crippen LogP contribution < -0.4 is 4.74 Å². The molecule has 0 heterocycles. The van der Waals surface area contributed by atoms with Gasteiger partial charge in [0.1, 0.15) is 17.4 Å². The molecule has 8 heteroatoms. The first-order valence-electron chi connectivity index (χ1n) is 7.82. The molecule has 1 nitrogen and oxygen atoms in total. The van der Waals surface area contributed by atoms with Crippen molar-refractivity contribution >= 4 is 6.08 Å². The Kier molecular flexibility index (Phi) is 6.18. The first kappa shape index (κ1) is 20.8. The lowest BCUT2D eigenvalue weighted by molar-refractivity contribution is -0.180. The van der Waals surface area contributed by atoms with Crippen LogP contribution in [0.5, 0.6) is 5.75 Å². The van der Waals surface area contributed by atoms with Gasteiger partial charge in [-0.1, -0.05) is 29.8 Å². The van der Waals surface area contributed by atoms with E-state index in [2.05, 4.69) is 4.74 Å². The van der Waals surface area contributed by atoms with Crippen LogP contribution in [0.3, 0.4) is 0 Å². The summed E-state index contributed by atoms with van der Waals surface area (Å²) in [7, 11) is 0. The van der Waals surface area contributed by atoms with Crippen LogP contribution in [-0.4, -0.2) is 12.3 Å². The van der Waals surface area contributed by atoms with E-state index in [-0.39, 0.29) is 18.6 Å². The van der Waals surface area contributed by atoms with Gasteiger partial charge in [0.15, 0.2) is 0 Å². The minimum atomic E-state index is -4.77. The monoisotopic (exact) mass is 392 g/mol. The van der Waals surface area contributed by atoms with Crippen LogP contribution in [-0.2, 0) is 6.42 Å². The molecule has 2 rings (SSSR count). The number of allylic oxidation sites excluding steroid dienone is 1. The quantitative estimate of drug-likeness (QED) is 0.513. The zero-order valence-corrected chi connectivity index (χ0v) is 14.1. The minimum Gasteiger partial charge on any atom is -0.432 e. The van der Waals surface area contributed by atoms with Gasteiger partial charge >= 0.3 is 12.3 Å². The molecule has 0 N–H and O–H groups in total. The number of alkyl halides is 5. The van der Waals surface area contributed by atoms with Gasteiger partial charge in [0.05, 0.1) is 6.42 Å². The molecule has 0 atom stereocenters. The van der Waals surface area contributed by atoms with Crippen LogP contribution >= 0.6 is 0 Å². The first-order chi connectivity index (χ1) is 12.5. The highest BCUT2D eigenvalue weighted by Gasteiger charge is 2.32. The Morgan fingerprint density at radius 3 is 2.00 bits per heavy atom. The fraction of sp³-hybridized carbons (Fsp3) is 0.263. The molecular weight excluding hydrogens is 377 g/mol. The smallest absolute Gasteiger partial charge is 0.409 e. The Morgan fingerprint density at radius 2 is 1.48 bits per heavy atom. The number of aryl methyl sites for hydroxylation is 2. The van der Waals surface area contributed by atoms with Crippen molar-refractivity contribution < 1.29 is 35.5 Å². The van der Waals surface area contributed by atoms with Crippen LogP contribution in [0.4, 0.5) is 30.7 Å². The summed E-state index contributed by atoms with van der Waals surface area (Å²) in [5.41, 5.74) is 0.601. The molecule has 27 heavy (non-hydrogen) atoms. The number of halogens is 7. The molecule has 0 amide bonds. The summed E-state index contributed by atoms with van der Waals surface area (Å²) in [4.78, 5) is 0. The van der Waals surface area contributed by atoms with Gasteiger partial charge in [-0.25, -0.2) is 8.78 Å². The van der Waals surface area contributed by atoms with Gasteiger partial charge in [-0.05, 0) is 25.0 Å². The summed E-state index contributed by atoms with van der Waals surface area (Å²) in [6.45, 7) is 1.85. The van der Waals surface area contributed by atoms with E-state index < -0.39 is 41.7 Å². The number of ether oxygens (including phenoxy) is 1. The fourth-order valence-corrected chi connectivity index (χ4v) is 2.23. The van der Waals surface area contributed by atoms with Gasteiger partial charge in [-0.3, -0.25) is 0 Å². The number of hydrogen-bond donors (Lipinski definition) is 0. The lowest BCUT2D eigenvalue weighted by Crippen LogP contribution is -2.25. The molecule has 0 aliphatic rings. The summed E-state index contributed by atoms with van der Waals surface area (Å²) in [6, 6.07) is 7.69. The normalized spacial score (nSPS) is 12.6. The van der Waals surface area contributed by atoms with Crippen LogP contribution in [0.1, 0.15) is 23.1 Å². The minimum absolute atomic E-state index is 0.0371. The number of benzene rings is 2. The Labute approximate surface area is 151 Å².